The molecule has 0 radical (unpaired) electrons. The summed E-state index contributed by atoms with van der Waals surface area (Å²) in [6.07, 6.45) is 2.39. The Balaban J connectivity index is 2.17. The highest BCUT2D eigenvalue weighted by Gasteiger charge is 2.09. The summed E-state index contributed by atoms with van der Waals surface area (Å²) in [5.41, 5.74) is 1.90. The van der Waals surface area contributed by atoms with E-state index in [0.29, 0.717) is 5.02 Å². The molecule has 1 aromatic heterocycles. The maximum absolute atomic E-state index is 12.7. The molecular formula is C14H14ClFN2. The Hall–Kier alpha value is -1.61. The third-order valence-electron chi connectivity index (χ3n) is 2.73. The fourth-order valence-electron chi connectivity index (χ4n) is 1.81. The summed E-state index contributed by atoms with van der Waals surface area (Å²) >= 11 is 5.98. The number of nitrogens with zero attached hydrogens (tertiary/aromatic N) is 1. The van der Waals surface area contributed by atoms with Gasteiger partial charge in [-0.15, -0.1) is 0 Å². The number of hydrogen-bond acceptors (Lipinski definition) is 2. The largest absolute Gasteiger partial charge is 0.377 e. The first-order valence-electron chi connectivity index (χ1n) is 5.82. The van der Waals surface area contributed by atoms with Crippen LogP contribution in [0.2, 0.25) is 5.02 Å². The van der Waals surface area contributed by atoms with Gasteiger partial charge in [0, 0.05) is 5.02 Å². The zero-order valence-corrected chi connectivity index (χ0v) is 10.8. The van der Waals surface area contributed by atoms with Gasteiger partial charge in [0.2, 0.25) is 5.95 Å². The maximum atomic E-state index is 12.7. The van der Waals surface area contributed by atoms with Gasteiger partial charge in [-0.1, -0.05) is 30.7 Å². The van der Waals surface area contributed by atoms with E-state index in [1.54, 1.807) is 6.07 Å². The van der Waals surface area contributed by atoms with E-state index in [1.165, 1.54) is 12.3 Å². The van der Waals surface area contributed by atoms with E-state index in [-0.39, 0.29) is 6.04 Å². The number of pyridine rings is 1. The van der Waals surface area contributed by atoms with Crippen LogP contribution in [0, 0.1) is 5.95 Å². The molecule has 1 atom stereocenters. The van der Waals surface area contributed by atoms with Gasteiger partial charge in [-0.05, 0) is 36.2 Å². The van der Waals surface area contributed by atoms with Crippen molar-refractivity contribution in [3.8, 4) is 0 Å². The molecule has 2 aromatic rings. The molecule has 0 aliphatic rings. The molecule has 0 saturated carbocycles. The lowest BCUT2D eigenvalue weighted by molar-refractivity contribution is 0.583. The van der Waals surface area contributed by atoms with Crippen LogP contribution < -0.4 is 5.32 Å². The fraction of sp³-hybridized carbons (Fsp3) is 0.214. The molecule has 1 N–H and O–H groups in total. The molecule has 0 aliphatic heterocycles. The van der Waals surface area contributed by atoms with Crippen LogP contribution >= 0.6 is 11.6 Å². The minimum Gasteiger partial charge on any atom is -0.377 e. The summed E-state index contributed by atoms with van der Waals surface area (Å²) in [4.78, 5) is 3.62. The summed E-state index contributed by atoms with van der Waals surface area (Å²) in [7, 11) is 0. The summed E-state index contributed by atoms with van der Waals surface area (Å²) in [5, 5.41) is 4.02. The molecular weight excluding hydrogens is 251 g/mol. The lowest BCUT2D eigenvalue weighted by Crippen LogP contribution is -2.09. The first-order chi connectivity index (χ1) is 8.69. The second-order valence-corrected chi connectivity index (χ2v) is 4.47. The van der Waals surface area contributed by atoms with Crippen LogP contribution in [0.3, 0.4) is 0 Å². The highest BCUT2D eigenvalue weighted by atomic mass is 35.5. The number of aromatic nitrogens is 1. The van der Waals surface area contributed by atoms with Crippen molar-refractivity contribution in [3.05, 3.63) is 59.1 Å². The van der Waals surface area contributed by atoms with Crippen LogP contribution in [0.15, 0.2) is 42.6 Å². The van der Waals surface area contributed by atoms with Crippen LogP contribution in [0.1, 0.15) is 24.9 Å². The third kappa shape index (κ3) is 3.20. The fourth-order valence-corrected chi connectivity index (χ4v) is 2.01. The van der Waals surface area contributed by atoms with E-state index in [9.17, 15) is 4.39 Å². The molecule has 18 heavy (non-hydrogen) atoms. The second-order valence-electron chi connectivity index (χ2n) is 4.03. The number of halogens is 2. The quantitative estimate of drug-likeness (QED) is 0.826. The number of anilines is 1. The predicted molar refractivity (Wildman–Crippen MR) is 72.3 cm³/mol. The van der Waals surface area contributed by atoms with Gasteiger partial charge in [0.1, 0.15) is 0 Å². The Labute approximate surface area is 111 Å². The highest BCUT2D eigenvalue weighted by molar-refractivity contribution is 6.30. The van der Waals surface area contributed by atoms with Gasteiger partial charge < -0.3 is 5.32 Å². The van der Waals surface area contributed by atoms with Crippen LogP contribution in [0.4, 0.5) is 10.1 Å². The average molecular weight is 265 g/mol. The smallest absolute Gasteiger partial charge is 0.212 e. The summed E-state index contributed by atoms with van der Waals surface area (Å²) in [6, 6.07) is 10.9. The molecule has 1 unspecified atom stereocenters. The highest BCUT2D eigenvalue weighted by Crippen LogP contribution is 2.24. The minimum absolute atomic E-state index is 0.135. The van der Waals surface area contributed by atoms with E-state index < -0.39 is 5.95 Å². The molecule has 1 aromatic carbocycles. The van der Waals surface area contributed by atoms with E-state index in [4.69, 9.17) is 11.6 Å². The molecule has 2 nitrogen and oxygen atoms in total. The van der Waals surface area contributed by atoms with Crippen molar-refractivity contribution in [2.75, 3.05) is 5.32 Å². The van der Waals surface area contributed by atoms with Gasteiger partial charge in [-0.25, -0.2) is 4.98 Å². The van der Waals surface area contributed by atoms with Gasteiger partial charge in [0.15, 0.2) is 0 Å². The van der Waals surface area contributed by atoms with E-state index in [2.05, 4.69) is 17.2 Å². The van der Waals surface area contributed by atoms with Gasteiger partial charge in [0.05, 0.1) is 17.9 Å². The summed E-state index contributed by atoms with van der Waals surface area (Å²) < 4.78 is 12.7. The van der Waals surface area contributed by atoms with E-state index in [0.717, 1.165) is 17.7 Å². The van der Waals surface area contributed by atoms with Gasteiger partial charge >= 0.3 is 0 Å². The Bertz CT molecular complexity index is 513. The molecule has 0 aliphatic carbocycles. The lowest BCUT2D eigenvalue weighted by Gasteiger charge is -2.18. The molecule has 2 rings (SSSR count). The Morgan fingerprint density at radius 2 is 2.17 bits per heavy atom. The molecule has 0 spiro atoms. The Morgan fingerprint density at radius 3 is 2.78 bits per heavy atom. The number of rotatable bonds is 4. The van der Waals surface area contributed by atoms with Crippen molar-refractivity contribution in [1.29, 1.82) is 0 Å². The van der Waals surface area contributed by atoms with Crippen molar-refractivity contribution in [1.82, 2.24) is 4.98 Å². The third-order valence-corrected chi connectivity index (χ3v) is 2.96. The van der Waals surface area contributed by atoms with Crippen molar-refractivity contribution < 1.29 is 4.39 Å². The maximum Gasteiger partial charge on any atom is 0.212 e. The summed E-state index contributed by atoms with van der Waals surface area (Å²) in [6.45, 7) is 2.08. The van der Waals surface area contributed by atoms with Crippen LogP contribution in [-0.2, 0) is 0 Å². The van der Waals surface area contributed by atoms with Gasteiger partial charge in [-0.2, -0.15) is 4.39 Å². The lowest BCUT2D eigenvalue weighted by atomic mass is 10.0. The van der Waals surface area contributed by atoms with Crippen molar-refractivity contribution in [2.24, 2.45) is 0 Å². The monoisotopic (exact) mass is 264 g/mol. The molecule has 4 heteroatoms. The number of hydrogen-bond donors (Lipinski definition) is 1. The standard InChI is InChI=1S/C14H14ClFN2/c1-2-13(10-4-3-5-11(15)8-10)18-12-6-7-14(16)17-9-12/h3-9,13,18H,2H2,1H3. The predicted octanol–water partition coefficient (Wildman–Crippen LogP) is 4.44. The van der Waals surface area contributed by atoms with Crippen molar-refractivity contribution in [2.45, 2.75) is 19.4 Å². The molecule has 0 amide bonds. The first-order valence-corrected chi connectivity index (χ1v) is 6.20. The first kappa shape index (κ1) is 12.8. The number of benzene rings is 1. The van der Waals surface area contributed by atoms with Crippen LogP contribution in [-0.4, -0.2) is 4.98 Å². The van der Waals surface area contributed by atoms with Crippen LogP contribution in [0.5, 0.6) is 0 Å². The Kier molecular flexibility index (Phi) is 4.15. The zero-order chi connectivity index (χ0) is 13.0. The van der Waals surface area contributed by atoms with Gasteiger partial charge in [0.25, 0.3) is 0 Å². The topological polar surface area (TPSA) is 24.9 Å². The normalized spacial score (nSPS) is 12.2. The molecule has 0 saturated heterocycles. The molecule has 1 heterocycles. The molecule has 94 valence electrons. The zero-order valence-electron chi connectivity index (χ0n) is 10.0. The molecule has 0 fully saturated rings. The van der Waals surface area contributed by atoms with Crippen LogP contribution in [0.25, 0.3) is 0 Å². The van der Waals surface area contributed by atoms with Crippen molar-refractivity contribution >= 4 is 17.3 Å². The average Bonchev–Trinajstić information content (AvgIpc) is 2.38. The Morgan fingerprint density at radius 1 is 1.33 bits per heavy atom. The SMILES string of the molecule is CCC(Nc1ccc(F)nc1)c1cccc(Cl)c1. The van der Waals surface area contributed by atoms with E-state index in [1.807, 2.05) is 24.3 Å². The van der Waals surface area contributed by atoms with Gasteiger partial charge in [-0.3, -0.25) is 0 Å². The summed E-state index contributed by atoms with van der Waals surface area (Å²) in [5.74, 6) is -0.476. The number of nitrogens with one attached hydrogen (secondary N) is 1. The second kappa shape index (κ2) is 5.83. The van der Waals surface area contributed by atoms with Crippen molar-refractivity contribution in [3.63, 3.8) is 0 Å². The molecule has 0 bridgehead atoms. The van der Waals surface area contributed by atoms with E-state index >= 15 is 0 Å². The minimum atomic E-state index is -0.476.